The number of ether oxygens (including phenoxy) is 2. The molecule has 1 heterocycles. The lowest BCUT2D eigenvalue weighted by molar-refractivity contribution is -0.119. The van der Waals surface area contributed by atoms with E-state index in [1.807, 2.05) is 25.1 Å². The second kappa shape index (κ2) is 5.00. The zero-order valence-electron chi connectivity index (χ0n) is 10.7. The van der Waals surface area contributed by atoms with Gasteiger partial charge in [-0.3, -0.25) is 4.79 Å². The highest BCUT2D eigenvalue weighted by atomic mass is 79.9. The normalized spacial score (nSPS) is 24.0. The number of rotatable bonds is 1. The lowest BCUT2D eigenvalue weighted by atomic mass is 9.84. The molecule has 1 aromatic rings. The molecule has 3 nitrogen and oxygen atoms in total. The summed E-state index contributed by atoms with van der Waals surface area (Å²) in [5, 5.41) is 0. The van der Waals surface area contributed by atoms with Gasteiger partial charge in [0.2, 0.25) is 6.79 Å². The first-order valence-corrected chi connectivity index (χ1v) is 7.28. The van der Waals surface area contributed by atoms with E-state index in [1.165, 1.54) is 0 Å². The van der Waals surface area contributed by atoms with E-state index in [2.05, 4.69) is 15.9 Å². The molecule has 4 heteroatoms. The highest BCUT2D eigenvalue weighted by molar-refractivity contribution is 9.10. The van der Waals surface area contributed by atoms with E-state index in [0.717, 1.165) is 46.4 Å². The Hall–Kier alpha value is -1.29. The highest BCUT2D eigenvalue weighted by Crippen LogP contribution is 2.40. The van der Waals surface area contributed by atoms with E-state index in [0.29, 0.717) is 0 Å². The molecule has 1 aromatic carbocycles. The molecule has 0 unspecified atom stereocenters. The molecule has 2 aliphatic rings. The van der Waals surface area contributed by atoms with Gasteiger partial charge in [-0.2, -0.15) is 0 Å². The third-order valence-corrected chi connectivity index (χ3v) is 4.23. The summed E-state index contributed by atoms with van der Waals surface area (Å²) < 4.78 is 11.6. The maximum absolute atomic E-state index is 12.1. The Labute approximate surface area is 120 Å². The Morgan fingerprint density at radius 1 is 1.37 bits per heavy atom. The lowest BCUT2D eigenvalue weighted by Crippen LogP contribution is -2.18. The van der Waals surface area contributed by atoms with Crippen LogP contribution in [0.3, 0.4) is 0 Å². The molecule has 0 bridgehead atoms. The van der Waals surface area contributed by atoms with E-state index in [4.69, 9.17) is 9.47 Å². The second-order valence-corrected chi connectivity index (χ2v) is 5.92. The first-order valence-electron chi connectivity index (χ1n) is 6.49. The zero-order chi connectivity index (χ0) is 13.4. The zero-order valence-corrected chi connectivity index (χ0v) is 12.3. The van der Waals surface area contributed by atoms with E-state index in [-0.39, 0.29) is 18.5 Å². The topological polar surface area (TPSA) is 35.5 Å². The molecule has 3 rings (SSSR count). The van der Waals surface area contributed by atoms with Crippen LogP contribution in [0.15, 0.2) is 22.2 Å². The number of Topliss-reactive ketones (excluding diaryl/α,β-unsaturated/α-hetero) is 1. The summed E-state index contributed by atoms with van der Waals surface area (Å²) in [5.74, 6) is 1.90. The molecule has 0 N–H and O–H groups in total. The Kier molecular flexibility index (Phi) is 3.35. The second-order valence-electron chi connectivity index (χ2n) is 5.06. The first kappa shape index (κ1) is 12.7. The van der Waals surface area contributed by atoms with Crippen LogP contribution in [-0.2, 0) is 4.79 Å². The van der Waals surface area contributed by atoms with Crippen molar-refractivity contribution in [3.8, 4) is 11.5 Å². The monoisotopic (exact) mass is 322 g/mol. The maximum Gasteiger partial charge on any atom is 0.231 e. The largest absolute Gasteiger partial charge is 0.454 e. The number of allylic oxidation sites excluding steroid dienone is 1. The Morgan fingerprint density at radius 2 is 2.21 bits per heavy atom. The van der Waals surface area contributed by atoms with E-state index < -0.39 is 0 Å². The molecule has 0 spiro atoms. The van der Waals surface area contributed by atoms with E-state index in [1.54, 1.807) is 0 Å². The molecule has 100 valence electrons. The predicted molar refractivity (Wildman–Crippen MR) is 76.3 cm³/mol. The molecule has 1 aliphatic heterocycles. The highest BCUT2D eigenvalue weighted by Gasteiger charge is 2.23. The summed E-state index contributed by atoms with van der Waals surface area (Å²) in [5.41, 5.74) is 1.90. The van der Waals surface area contributed by atoms with Gasteiger partial charge >= 0.3 is 0 Å². The minimum Gasteiger partial charge on any atom is -0.454 e. The van der Waals surface area contributed by atoms with Gasteiger partial charge in [-0.1, -0.05) is 6.92 Å². The number of carbonyl (C=O) groups excluding carboxylic acids is 1. The fourth-order valence-corrected chi connectivity index (χ4v) is 3.16. The average molecular weight is 323 g/mol. The molecule has 19 heavy (non-hydrogen) atoms. The van der Waals surface area contributed by atoms with Crippen LogP contribution < -0.4 is 9.47 Å². The van der Waals surface area contributed by atoms with Crippen molar-refractivity contribution >= 4 is 27.8 Å². The minimum atomic E-state index is 0.150. The van der Waals surface area contributed by atoms with Gasteiger partial charge in [0.1, 0.15) is 0 Å². The van der Waals surface area contributed by atoms with Gasteiger partial charge in [0.15, 0.2) is 17.3 Å². The molecule has 0 amide bonds. The van der Waals surface area contributed by atoms with Gasteiger partial charge in [0.25, 0.3) is 0 Å². The average Bonchev–Trinajstić information content (AvgIpc) is 2.84. The Bertz CT molecular complexity index is 563. The fraction of sp³-hybridized carbons (Fsp3) is 0.400. The molecule has 0 saturated heterocycles. The molecule has 0 aromatic heterocycles. The fourth-order valence-electron chi connectivity index (χ4n) is 2.58. The van der Waals surface area contributed by atoms with Gasteiger partial charge in [0, 0.05) is 5.92 Å². The van der Waals surface area contributed by atoms with Crippen LogP contribution in [0.4, 0.5) is 0 Å². The summed E-state index contributed by atoms with van der Waals surface area (Å²) in [6.07, 6.45) is 4.94. The molecule has 1 aliphatic carbocycles. The SMILES string of the molecule is C[C@@H]1CCCC(=Cc2cc(Br)c3c(c2)OCO3)C1=O. The molecular weight excluding hydrogens is 308 g/mol. The number of halogens is 1. The summed E-state index contributed by atoms with van der Waals surface area (Å²) in [6.45, 7) is 2.26. The first-order chi connectivity index (χ1) is 9.15. The van der Waals surface area contributed by atoms with Crippen molar-refractivity contribution in [1.82, 2.24) is 0 Å². The van der Waals surface area contributed by atoms with E-state index in [9.17, 15) is 4.79 Å². The maximum atomic E-state index is 12.1. The van der Waals surface area contributed by atoms with Crippen molar-refractivity contribution in [3.63, 3.8) is 0 Å². The summed E-state index contributed by atoms with van der Waals surface area (Å²) in [4.78, 5) is 12.1. The van der Waals surface area contributed by atoms with Gasteiger partial charge in [-0.15, -0.1) is 0 Å². The van der Waals surface area contributed by atoms with Gasteiger partial charge < -0.3 is 9.47 Å². The third kappa shape index (κ3) is 2.41. The molecule has 0 radical (unpaired) electrons. The van der Waals surface area contributed by atoms with Crippen LogP contribution in [-0.4, -0.2) is 12.6 Å². The minimum absolute atomic E-state index is 0.150. The quantitative estimate of drug-likeness (QED) is 0.734. The van der Waals surface area contributed by atoms with Crippen LogP contribution in [0.25, 0.3) is 6.08 Å². The van der Waals surface area contributed by atoms with Crippen molar-refractivity contribution in [3.05, 3.63) is 27.7 Å². The molecule has 1 atom stereocenters. The van der Waals surface area contributed by atoms with Gasteiger partial charge in [0.05, 0.1) is 4.47 Å². The number of hydrogen-bond acceptors (Lipinski definition) is 3. The number of ketones is 1. The van der Waals surface area contributed by atoms with Crippen molar-refractivity contribution in [2.24, 2.45) is 5.92 Å². The lowest BCUT2D eigenvalue weighted by Gasteiger charge is -2.19. The summed E-state index contributed by atoms with van der Waals surface area (Å²) in [7, 11) is 0. The van der Waals surface area contributed by atoms with Crippen LogP contribution in [0, 0.1) is 5.92 Å². The number of fused-ring (bicyclic) bond motifs is 1. The summed E-state index contributed by atoms with van der Waals surface area (Å²) >= 11 is 3.47. The standard InChI is InChI=1S/C15H15BrO3/c1-9-3-2-4-11(14(9)17)5-10-6-12(16)15-13(7-10)18-8-19-15/h5-7,9H,2-4,8H2,1H3/t9-/m1/s1. The molecule has 1 fully saturated rings. The predicted octanol–water partition coefficient (Wildman–Crippen LogP) is 3.95. The molecular formula is C15H15BrO3. The third-order valence-electron chi connectivity index (χ3n) is 3.64. The van der Waals surface area contributed by atoms with Crippen molar-refractivity contribution in [1.29, 1.82) is 0 Å². The number of benzene rings is 1. The Morgan fingerprint density at radius 3 is 3.05 bits per heavy atom. The van der Waals surface area contributed by atoms with Crippen molar-refractivity contribution in [2.75, 3.05) is 6.79 Å². The van der Waals surface area contributed by atoms with Crippen LogP contribution >= 0.6 is 15.9 Å². The molecule has 1 saturated carbocycles. The van der Waals surface area contributed by atoms with Crippen molar-refractivity contribution < 1.29 is 14.3 Å². The van der Waals surface area contributed by atoms with Crippen molar-refractivity contribution in [2.45, 2.75) is 26.2 Å². The van der Waals surface area contributed by atoms with Gasteiger partial charge in [-0.05, 0) is 64.5 Å². The van der Waals surface area contributed by atoms with Crippen LogP contribution in [0.1, 0.15) is 31.7 Å². The van der Waals surface area contributed by atoms with E-state index >= 15 is 0 Å². The van der Waals surface area contributed by atoms with Gasteiger partial charge in [-0.25, -0.2) is 0 Å². The van der Waals surface area contributed by atoms with Crippen LogP contribution in [0.2, 0.25) is 0 Å². The Balaban J connectivity index is 1.95. The summed E-state index contributed by atoms with van der Waals surface area (Å²) in [6, 6.07) is 3.89. The van der Waals surface area contributed by atoms with Crippen LogP contribution in [0.5, 0.6) is 11.5 Å². The smallest absolute Gasteiger partial charge is 0.231 e. The number of carbonyl (C=O) groups is 1. The number of hydrogen-bond donors (Lipinski definition) is 0.